The molecule has 7 heteroatoms. The molecule has 0 amide bonds. The largest absolute Gasteiger partial charge is 0.285 e. The predicted octanol–water partition coefficient (Wildman–Crippen LogP) is 4.09. The molecule has 0 bridgehead atoms. The van der Waals surface area contributed by atoms with E-state index in [1.807, 2.05) is 25.1 Å². The van der Waals surface area contributed by atoms with Crippen LogP contribution in [0.5, 0.6) is 0 Å². The van der Waals surface area contributed by atoms with E-state index >= 15 is 0 Å². The molecule has 136 valence electrons. The molecule has 0 saturated carbocycles. The summed E-state index contributed by atoms with van der Waals surface area (Å²) in [4.78, 5) is 8.23. The van der Waals surface area contributed by atoms with Crippen LogP contribution in [0.1, 0.15) is 11.4 Å². The van der Waals surface area contributed by atoms with E-state index in [4.69, 9.17) is 17.4 Å². The van der Waals surface area contributed by atoms with Crippen LogP contribution in [0.25, 0.3) is 11.3 Å². The SMILES string of the molecule is C=C(/C=C\N(N)c1ccc(Cl)nc1)C(=C)c1ccnn1-c1ccnc(C)c1. The molecule has 3 heterocycles. The van der Waals surface area contributed by atoms with Crippen molar-refractivity contribution in [3.8, 4) is 5.69 Å². The number of aryl methyl sites for hydroxylation is 1. The molecule has 0 aromatic carbocycles. The predicted molar refractivity (Wildman–Crippen MR) is 109 cm³/mol. The fourth-order valence-corrected chi connectivity index (χ4v) is 2.55. The fourth-order valence-electron chi connectivity index (χ4n) is 2.44. The number of hydrogen-bond donors (Lipinski definition) is 1. The minimum atomic E-state index is 0.411. The Balaban J connectivity index is 1.77. The van der Waals surface area contributed by atoms with Gasteiger partial charge < -0.3 is 0 Å². The van der Waals surface area contributed by atoms with E-state index in [0.717, 1.165) is 22.6 Å². The number of aromatic nitrogens is 4. The van der Waals surface area contributed by atoms with Crippen molar-refractivity contribution in [1.82, 2.24) is 19.7 Å². The van der Waals surface area contributed by atoms with E-state index in [1.165, 1.54) is 5.01 Å². The van der Waals surface area contributed by atoms with Crippen molar-refractivity contribution >= 4 is 22.9 Å². The molecule has 6 nitrogen and oxygen atoms in total. The van der Waals surface area contributed by atoms with Crippen LogP contribution in [0, 0.1) is 6.92 Å². The van der Waals surface area contributed by atoms with Gasteiger partial charge in [-0.1, -0.05) is 24.8 Å². The average molecular weight is 379 g/mol. The number of hydrazine groups is 1. The number of anilines is 1. The van der Waals surface area contributed by atoms with Crippen LogP contribution >= 0.6 is 11.6 Å². The number of hydrogen-bond acceptors (Lipinski definition) is 5. The first-order valence-electron chi connectivity index (χ1n) is 8.15. The summed E-state index contributed by atoms with van der Waals surface area (Å²) >= 11 is 5.79. The van der Waals surface area contributed by atoms with Gasteiger partial charge in [0.05, 0.1) is 29.5 Å². The number of nitrogens with zero attached hydrogens (tertiary/aromatic N) is 5. The summed E-state index contributed by atoms with van der Waals surface area (Å²) in [6, 6.07) is 9.19. The van der Waals surface area contributed by atoms with Crippen molar-refractivity contribution < 1.29 is 0 Å². The molecule has 0 aliphatic heterocycles. The zero-order valence-electron chi connectivity index (χ0n) is 14.9. The standard InChI is InChI=1S/C20H19ClN6/c1-14(8-11-26(22)18-4-5-20(21)24-13-18)16(3)19-7-10-25-27(19)17-6-9-23-15(2)12-17/h4-13H,1,3,22H2,2H3/b11-8-. The molecule has 3 rings (SSSR count). The molecular weight excluding hydrogens is 360 g/mol. The highest BCUT2D eigenvalue weighted by Gasteiger charge is 2.10. The summed E-state index contributed by atoms with van der Waals surface area (Å²) < 4.78 is 1.80. The lowest BCUT2D eigenvalue weighted by molar-refractivity contribution is 0.862. The summed E-state index contributed by atoms with van der Waals surface area (Å²) in [5.74, 6) is 6.02. The summed E-state index contributed by atoms with van der Waals surface area (Å²) in [6.45, 7) is 10.2. The molecule has 0 unspecified atom stereocenters. The van der Waals surface area contributed by atoms with Crippen LogP contribution < -0.4 is 10.9 Å². The number of rotatable bonds is 6. The summed E-state index contributed by atoms with van der Waals surface area (Å²) in [5, 5.41) is 6.24. The third-order valence-electron chi connectivity index (χ3n) is 3.91. The number of nitrogens with two attached hydrogens (primary N) is 1. The molecule has 0 radical (unpaired) electrons. The molecule has 27 heavy (non-hydrogen) atoms. The van der Waals surface area contributed by atoms with Crippen molar-refractivity contribution in [1.29, 1.82) is 0 Å². The van der Waals surface area contributed by atoms with Gasteiger partial charge in [-0.3, -0.25) is 9.99 Å². The van der Waals surface area contributed by atoms with E-state index in [-0.39, 0.29) is 0 Å². The van der Waals surface area contributed by atoms with Crippen molar-refractivity contribution in [3.05, 3.63) is 96.5 Å². The van der Waals surface area contributed by atoms with Crippen LogP contribution in [0.3, 0.4) is 0 Å². The Labute approximate surface area is 162 Å². The highest BCUT2D eigenvalue weighted by atomic mass is 35.5. The molecule has 0 aliphatic carbocycles. The van der Waals surface area contributed by atoms with E-state index in [0.29, 0.717) is 16.4 Å². The van der Waals surface area contributed by atoms with Crippen molar-refractivity contribution in [3.63, 3.8) is 0 Å². The molecule has 0 fully saturated rings. The Morgan fingerprint density at radius 3 is 2.70 bits per heavy atom. The van der Waals surface area contributed by atoms with Crippen LogP contribution in [0.2, 0.25) is 5.15 Å². The topological polar surface area (TPSA) is 72.9 Å². The van der Waals surface area contributed by atoms with Gasteiger partial charge in [-0.15, -0.1) is 0 Å². The van der Waals surface area contributed by atoms with Gasteiger partial charge in [0.15, 0.2) is 0 Å². The maximum absolute atomic E-state index is 6.02. The average Bonchev–Trinajstić information content (AvgIpc) is 3.15. The summed E-state index contributed by atoms with van der Waals surface area (Å²) in [5.41, 5.74) is 4.81. The zero-order valence-corrected chi connectivity index (χ0v) is 15.6. The van der Waals surface area contributed by atoms with Gasteiger partial charge in [0.1, 0.15) is 5.15 Å². The maximum Gasteiger partial charge on any atom is 0.129 e. The van der Waals surface area contributed by atoms with Crippen LogP contribution in [0.15, 0.2) is 79.9 Å². The third kappa shape index (κ3) is 4.31. The van der Waals surface area contributed by atoms with Crippen molar-refractivity contribution in [2.24, 2.45) is 5.84 Å². The van der Waals surface area contributed by atoms with E-state index in [9.17, 15) is 0 Å². The molecule has 3 aromatic rings. The number of pyridine rings is 2. The summed E-state index contributed by atoms with van der Waals surface area (Å²) in [6.07, 6.45) is 8.54. The molecule has 3 aromatic heterocycles. The zero-order chi connectivity index (χ0) is 19.4. The highest BCUT2D eigenvalue weighted by Crippen LogP contribution is 2.24. The first kappa shape index (κ1) is 18.6. The highest BCUT2D eigenvalue weighted by molar-refractivity contribution is 6.29. The second-order valence-electron chi connectivity index (χ2n) is 5.85. The second-order valence-corrected chi connectivity index (χ2v) is 6.24. The Morgan fingerprint density at radius 1 is 1.19 bits per heavy atom. The van der Waals surface area contributed by atoms with E-state index < -0.39 is 0 Å². The lowest BCUT2D eigenvalue weighted by Gasteiger charge is -2.14. The Hall–Kier alpha value is -3.22. The number of allylic oxidation sites excluding steroid dienone is 3. The van der Waals surface area contributed by atoms with Crippen LogP contribution in [-0.2, 0) is 0 Å². The summed E-state index contributed by atoms with van der Waals surface area (Å²) in [7, 11) is 0. The molecular formula is C20H19ClN6. The molecule has 0 saturated heterocycles. The Morgan fingerprint density at radius 2 is 2.00 bits per heavy atom. The Kier molecular flexibility index (Phi) is 5.49. The quantitative estimate of drug-likeness (QED) is 0.303. The van der Waals surface area contributed by atoms with E-state index in [1.54, 1.807) is 47.7 Å². The molecule has 0 aliphatic rings. The third-order valence-corrected chi connectivity index (χ3v) is 4.13. The lowest BCUT2D eigenvalue weighted by Crippen LogP contribution is -2.24. The van der Waals surface area contributed by atoms with Gasteiger partial charge in [0.2, 0.25) is 0 Å². The van der Waals surface area contributed by atoms with E-state index in [2.05, 4.69) is 28.2 Å². The van der Waals surface area contributed by atoms with Crippen LogP contribution in [-0.4, -0.2) is 19.7 Å². The van der Waals surface area contributed by atoms with Gasteiger partial charge in [0, 0.05) is 18.1 Å². The van der Waals surface area contributed by atoms with Gasteiger partial charge in [-0.2, -0.15) is 5.10 Å². The number of halogens is 1. The first-order valence-corrected chi connectivity index (χ1v) is 8.53. The molecule has 2 N–H and O–H groups in total. The minimum Gasteiger partial charge on any atom is -0.285 e. The van der Waals surface area contributed by atoms with Gasteiger partial charge in [0.25, 0.3) is 0 Å². The lowest BCUT2D eigenvalue weighted by atomic mass is 10.1. The van der Waals surface area contributed by atoms with Crippen LogP contribution in [0.4, 0.5) is 5.69 Å². The normalized spacial score (nSPS) is 10.9. The van der Waals surface area contributed by atoms with Gasteiger partial charge >= 0.3 is 0 Å². The Bertz CT molecular complexity index is 1000. The van der Waals surface area contributed by atoms with Gasteiger partial charge in [-0.25, -0.2) is 15.5 Å². The minimum absolute atomic E-state index is 0.411. The van der Waals surface area contributed by atoms with Gasteiger partial charge in [-0.05, 0) is 54.5 Å². The second kappa shape index (κ2) is 7.99. The smallest absolute Gasteiger partial charge is 0.129 e. The molecule has 0 atom stereocenters. The first-order chi connectivity index (χ1) is 13.0. The maximum atomic E-state index is 6.02. The fraction of sp³-hybridized carbons (Fsp3) is 0.0500. The van der Waals surface area contributed by atoms with Crippen molar-refractivity contribution in [2.45, 2.75) is 6.92 Å². The molecule has 0 spiro atoms. The van der Waals surface area contributed by atoms with Crippen molar-refractivity contribution in [2.75, 3.05) is 5.01 Å². The monoisotopic (exact) mass is 378 g/mol.